The standard InChI is InChI=1S/C25H22N4O4/c1-17-16-28(24(30)12-10-22-26-18-6-2-4-8-20(18)32-22)14-15-29(17)25(31)13-11-23-27-19-7-3-5-9-21(19)33-23/h2-13,17H,14-16H2,1H3/t17-/m0/s1. The van der Waals surface area contributed by atoms with Gasteiger partial charge in [0.1, 0.15) is 11.0 Å². The summed E-state index contributed by atoms with van der Waals surface area (Å²) >= 11 is 0. The summed E-state index contributed by atoms with van der Waals surface area (Å²) < 4.78 is 11.2. The van der Waals surface area contributed by atoms with Crippen LogP contribution in [0.25, 0.3) is 34.4 Å². The Morgan fingerprint density at radius 1 is 0.848 bits per heavy atom. The van der Waals surface area contributed by atoms with Crippen LogP contribution < -0.4 is 0 Å². The second kappa shape index (κ2) is 8.74. The molecule has 1 aliphatic rings. The Bertz CT molecular complexity index is 1320. The van der Waals surface area contributed by atoms with Crippen LogP contribution in [0.4, 0.5) is 0 Å². The Balaban J connectivity index is 1.19. The van der Waals surface area contributed by atoms with E-state index >= 15 is 0 Å². The van der Waals surface area contributed by atoms with E-state index in [1.54, 1.807) is 22.0 Å². The van der Waals surface area contributed by atoms with Crippen LogP contribution in [0.1, 0.15) is 18.7 Å². The highest BCUT2D eigenvalue weighted by molar-refractivity contribution is 5.93. The van der Waals surface area contributed by atoms with E-state index in [1.165, 1.54) is 12.2 Å². The molecule has 1 atom stereocenters. The van der Waals surface area contributed by atoms with Crippen LogP contribution in [0.2, 0.25) is 0 Å². The number of oxazole rings is 2. The van der Waals surface area contributed by atoms with Gasteiger partial charge in [-0.05, 0) is 31.2 Å². The average Bonchev–Trinajstić information content (AvgIpc) is 3.44. The molecule has 0 bridgehead atoms. The van der Waals surface area contributed by atoms with Gasteiger partial charge in [-0.15, -0.1) is 0 Å². The maximum Gasteiger partial charge on any atom is 0.247 e. The normalized spacial score (nSPS) is 17.1. The molecule has 166 valence electrons. The van der Waals surface area contributed by atoms with Crippen molar-refractivity contribution >= 4 is 46.2 Å². The Labute approximate surface area is 189 Å². The third-order valence-electron chi connectivity index (χ3n) is 5.58. The number of benzene rings is 2. The molecule has 0 N–H and O–H groups in total. The number of para-hydroxylation sites is 4. The van der Waals surface area contributed by atoms with Gasteiger partial charge in [0, 0.05) is 50.0 Å². The van der Waals surface area contributed by atoms with E-state index in [-0.39, 0.29) is 17.9 Å². The molecule has 0 saturated carbocycles. The van der Waals surface area contributed by atoms with E-state index in [0.717, 1.165) is 11.0 Å². The fourth-order valence-electron chi connectivity index (χ4n) is 3.89. The zero-order valence-corrected chi connectivity index (χ0v) is 18.0. The lowest BCUT2D eigenvalue weighted by Crippen LogP contribution is -2.54. The van der Waals surface area contributed by atoms with Crippen molar-refractivity contribution in [2.45, 2.75) is 13.0 Å². The number of fused-ring (bicyclic) bond motifs is 2. The molecule has 8 nitrogen and oxygen atoms in total. The number of rotatable bonds is 4. The predicted octanol–water partition coefficient (Wildman–Crippen LogP) is 3.75. The van der Waals surface area contributed by atoms with Gasteiger partial charge in [0.25, 0.3) is 0 Å². The second-order valence-electron chi connectivity index (χ2n) is 7.87. The second-order valence-corrected chi connectivity index (χ2v) is 7.87. The van der Waals surface area contributed by atoms with Crippen molar-refractivity contribution in [3.63, 3.8) is 0 Å². The summed E-state index contributed by atoms with van der Waals surface area (Å²) in [4.78, 5) is 37.5. The van der Waals surface area contributed by atoms with Crippen LogP contribution in [0.5, 0.6) is 0 Å². The lowest BCUT2D eigenvalue weighted by Gasteiger charge is -2.39. The van der Waals surface area contributed by atoms with Crippen LogP contribution in [-0.2, 0) is 9.59 Å². The quantitative estimate of drug-likeness (QED) is 0.447. The third-order valence-corrected chi connectivity index (χ3v) is 5.58. The van der Waals surface area contributed by atoms with Crippen LogP contribution in [-0.4, -0.2) is 57.3 Å². The zero-order valence-electron chi connectivity index (χ0n) is 18.0. The van der Waals surface area contributed by atoms with Gasteiger partial charge in [-0.1, -0.05) is 24.3 Å². The van der Waals surface area contributed by atoms with Gasteiger partial charge in [-0.2, -0.15) is 0 Å². The van der Waals surface area contributed by atoms with Crippen LogP contribution in [0.3, 0.4) is 0 Å². The summed E-state index contributed by atoms with van der Waals surface area (Å²) in [6.45, 7) is 3.26. The van der Waals surface area contributed by atoms with E-state index in [9.17, 15) is 9.59 Å². The maximum atomic E-state index is 12.7. The van der Waals surface area contributed by atoms with Gasteiger partial charge < -0.3 is 18.6 Å². The number of carbonyl (C=O) groups is 2. The van der Waals surface area contributed by atoms with Crippen LogP contribution in [0, 0.1) is 0 Å². The summed E-state index contributed by atoms with van der Waals surface area (Å²) in [6.07, 6.45) is 6.08. The Morgan fingerprint density at radius 2 is 1.39 bits per heavy atom. The molecule has 1 saturated heterocycles. The molecule has 3 heterocycles. The van der Waals surface area contributed by atoms with Crippen molar-refractivity contribution < 1.29 is 18.4 Å². The van der Waals surface area contributed by atoms with E-state index in [0.29, 0.717) is 42.6 Å². The van der Waals surface area contributed by atoms with Crippen molar-refractivity contribution in [3.05, 3.63) is 72.5 Å². The van der Waals surface area contributed by atoms with Gasteiger partial charge in [0.2, 0.25) is 23.6 Å². The van der Waals surface area contributed by atoms with Crippen LogP contribution >= 0.6 is 0 Å². The van der Waals surface area contributed by atoms with Crippen LogP contribution in [0.15, 0.2) is 69.5 Å². The molecule has 2 aromatic heterocycles. The van der Waals surface area contributed by atoms with Gasteiger partial charge in [-0.3, -0.25) is 9.59 Å². The minimum absolute atomic E-state index is 0.124. The number of hydrogen-bond acceptors (Lipinski definition) is 6. The first-order valence-corrected chi connectivity index (χ1v) is 10.7. The molecule has 0 radical (unpaired) electrons. The van der Waals surface area contributed by atoms with E-state index < -0.39 is 0 Å². The van der Waals surface area contributed by atoms with Gasteiger partial charge in [-0.25, -0.2) is 9.97 Å². The summed E-state index contributed by atoms with van der Waals surface area (Å²) in [5.74, 6) is 0.489. The largest absolute Gasteiger partial charge is 0.437 e. The fraction of sp³-hybridized carbons (Fsp3) is 0.200. The third kappa shape index (κ3) is 4.41. The van der Waals surface area contributed by atoms with Crippen molar-refractivity contribution in [2.24, 2.45) is 0 Å². The SMILES string of the molecule is C[C@H]1CN(C(=O)C=Cc2nc3ccccc3o2)CCN1C(=O)C=Cc1nc2ccccc2o1. The van der Waals surface area contributed by atoms with E-state index in [1.807, 2.05) is 55.5 Å². The molecule has 2 amide bonds. The van der Waals surface area contributed by atoms with E-state index in [2.05, 4.69) is 9.97 Å². The number of hydrogen-bond donors (Lipinski definition) is 0. The highest BCUT2D eigenvalue weighted by atomic mass is 16.4. The topological polar surface area (TPSA) is 92.7 Å². The molecule has 33 heavy (non-hydrogen) atoms. The molecular formula is C25H22N4O4. The summed E-state index contributed by atoms with van der Waals surface area (Å²) in [5.41, 5.74) is 2.85. The van der Waals surface area contributed by atoms with Gasteiger partial charge >= 0.3 is 0 Å². The molecule has 0 aliphatic carbocycles. The highest BCUT2D eigenvalue weighted by Gasteiger charge is 2.28. The molecule has 4 aromatic rings. The minimum atomic E-state index is -0.141. The molecule has 0 unspecified atom stereocenters. The van der Waals surface area contributed by atoms with Gasteiger partial charge in [0.05, 0.1) is 0 Å². The molecule has 0 spiro atoms. The monoisotopic (exact) mass is 442 g/mol. The molecule has 5 rings (SSSR count). The Kier molecular flexibility index (Phi) is 5.48. The first kappa shape index (κ1) is 20.7. The molecule has 1 aliphatic heterocycles. The Morgan fingerprint density at radius 3 is 1.94 bits per heavy atom. The first-order valence-electron chi connectivity index (χ1n) is 10.7. The number of aromatic nitrogens is 2. The van der Waals surface area contributed by atoms with Crippen molar-refractivity contribution in [3.8, 4) is 0 Å². The number of amides is 2. The smallest absolute Gasteiger partial charge is 0.247 e. The van der Waals surface area contributed by atoms with Crippen molar-refractivity contribution in [1.82, 2.24) is 19.8 Å². The predicted molar refractivity (Wildman–Crippen MR) is 124 cm³/mol. The lowest BCUT2D eigenvalue weighted by atomic mass is 10.1. The number of carbonyl (C=O) groups excluding carboxylic acids is 2. The number of nitrogens with zero attached hydrogens (tertiary/aromatic N) is 4. The number of piperazine rings is 1. The summed E-state index contributed by atoms with van der Waals surface area (Å²) in [6, 6.07) is 14.8. The zero-order chi connectivity index (χ0) is 22.8. The first-order chi connectivity index (χ1) is 16.1. The maximum absolute atomic E-state index is 12.7. The van der Waals surface area contributed by atoms with Gasteiger partial charge in [0.15, 0.2) is 11.2 Å². The molecular weight excluding hydrogens is 420 g/mol. The molecule has 1 fully saturated rings. The average molecular weight is 442 g/mol. The Hall–Kier alpha value is -4.20. The minimum Gasteiger partial charge on any atom is -0.437 e. The van der Waals surface area contributed by atoms with Crippen molar-refractivity contribution in [2.75, 3.05) is 19.6 Å². The summed E-state index contributed by atoms with van der Waals surface area (Å²) in [7, 11) is 0. The fourth-order valence-corrected chi connectivity index (χ4v) is 3.89. The van der Waals surface area contributed by atoms with E-state index in [4.69, 9.17) is 8.83 Å². The molecule has 2 aromatic carbocycles. The molecule has 8 heteroatoms. The highest BCUT2D eigenvalue weighted by Crippen LogP contribution is 2.18. The lowest BCUT2D eigenvalue weighted by molar-refractivity contribution is -0.136. The summed E-state index contributed by atoms with van der Waals surface area (Å²) in [5, 5.41) is 0. The van der Waals surface area contributed by atoms with Crippen molar-refractivity contribution in [1.29, 1.82) is 0 Å².